The van der Waals surface area contributed by atoms with Crippen LogP contribution in [0.2, 0.25) is 0 Å². The number of unbranched alkanes of at least 4 members (excludes halogenated alkanes) is 3. The second-order valence-electron chi connectivity index (χ2n) is 16.4. The molecule has 1 N–H and O–H groups in total. The lowest BCUT2D eigenvalue weighted by Gasteiger charge is -2.27. The Morgan fingerprint density at radius 1 is 0.745 bits per heavy atom. The number of hydrogen-bond acceptors (Lipinski definition) is 4. The second-order valence-corrected chi connectivity index (χ2v) is 18.0. The summed E-state index contributed by atoms with van der Waals surface area (Å²) in [6, 6.07) is 26.0. The summed E-state index contributed by atoms with van der Waals surface area (Å²) in [7, 11) is -3.99. The molecule has 0 radical (unpaired) electrons. The van der Waals surface area contributed by atoms with Gasteiger partial charge in [0.25, 0.3) is 10.1 Å². The molecular formula is C48H57N2O4S+. The lowest BCUT2D eigenvalue weighted by molar-refractivity contribution is -0.438. The van der Waals surface area contributed by atoms with E-state index in [1.807, 2.05) is 13.8 Å². The van der Waals surface area contributed by atoms with Crippen molar-refractivity contribution in [2.24, 2.45) is 5.92 Å². The summed E-state index contributed by atoms with van der Waals surface area (Å²) < 4.78 is 34.6. The Balaban J connectivity index is 1.23. The molecule has 0 spiro atoms. The molecule has 0 aliphatic carbocycles. The molecule has 0 bridgehead atoms. The van der Waals surface area contributed by atoms with Crippen LogP contribution in [-0.4, -0.2) is 47.9 Å². The maximum atomic E-state index is 12.2. The van der Waals surface area contributed by atoms with E-state index in [0.29, 0.717) is 31.6 Å². The van der Waals surface area contributed by atoms with E-state index in [4.69, 9.17) is 0 Å². The third-order valence-corrected chi connectivity index (χ3v) is 12.2. The first-order chi connectivity index (χ1) is 26.2. The third-order valence-electron chi connectivity index (χ3n) is 11.4. The minimum absolute atomic E-state index is 0.101. The molecule has 55 heavy (non-hydrogen) atoms. The van der Waals surface area contributed by atoms with E-state index in [-0.39, 0.29) is 22.5 Å². The van der Waals surface area contributed by atoms with Gasteiger partial charge in [-0.15, -0.1) is 0 Å². The topological polar surface area (TPSA) is 77.7 Å². The van der Waals surface area contributed by atoms with Crippen molar-refractivity contribution >= 4 is 54.5 Å². The Kier molecular flexibility index (Phi) is 12.1. The Hall–Kier alpha value is -4.59. The van der Waals surface area contributed by atoms with E-state index in [1.54, 1.807) is 0 Å². The molecular weight excluding hydrogens is 701 g/mol. The highest BCUT2D eigenvalue weighted by Crippen LogP contribution is 2.51. The van der Waals surface area contributed by atoms with Crippen molar-refractivity contribution in [2.45, 2.75) is 90.9 Å². The molecule has 288 valence electrons. The molecule has 2 aliphatic heterocycles. The quantitative estimate of drug-likeness (QED) is 0.0533. The number of ketones is 1. The molecule has 0 aromatic heterocycles. The van der Waals surface area contributed by atoms with Crippen LogP contribution in [0, 0.1) is 5.92 Å². The third kappa shape index (κ3) is 8.63. The van der Waals surface area contributed by atoms with Crippen LogP contribution in [0.4, 0.5) is 11.4 Å². The first-order valence-electron chi connectivity index (χ1n) is 19.9. The second kappa shape index (κ2) is 16.6. The van der Waals surface area contributed by atoms with E-state index in [0.717, 1.165) is 37.2 Å². The summed E-state index contributed by atoms with van der Waals surface area (Å²) in [6.45, 7) is 14.7. The van der Waals surface area contributed by atoms with Crippen LogP contribution >= 0.6 is 0 Å². The molecule has 0 unspecified atom stereocenters. The Morgan fingerprint density at radius 2 is 1.38 bits per heavy atom. The van der Waals surface area contributed by atoms with E-state index in [2.05, 4.69) is 152 Å². The maximum Gasteiger partial charge on any atom is 0.264 e. The summed E-state index contributed by atoms with van der Waals surface area (Å²) >= 11 is 0. The Morgan fingerprint density at radius 3 is 2.07 bits per heavy atom. The Bertz CT molecular complexity index is 2340. The van der Waals surface area contributed by atoms with E-state index >= 15 is 0 Å². The number of benzene rings is 4. The first-order valence-corrected chi connectivity index (χ1v) is 21.5. The van der Waals surface area contributed by atoms with Crippen LogP contribution in [-0.2, 0) is 25.7 Å². The van der Waals surface area contributed by atoms with Gasteiger partial charge in [-0.2, -0.15) is 13.0 Å². The van der Waals surface area contributed by atoms with Crippen LogP contribution in [0.5, 0.6) is 0 Å². The highest BCUT2D eigenvalue weighted by molar-refractivity contribution is 7.85. The predicted molar refractivity (Wildman–Crippen MR) is 231 cm³/mol. The number of anilines is 1. The lowest BCUT2D eigenvalue weighted by Crippen LogP contribution is -2.28. The van der Waals surface area contributed by atoms with Crippen LogP contribution < -0.4 is 4.90 Å². The normalized spacial score (nSPS) is 17.3. The van der Waals surface area contributed by atoms with Gasteiger partial charge in [-0.05, 0) is 84.8 Å². The predicted octanol–water partition coefficient (Wildman–Crippen LogP) is 11.2. The van der Waals surface area contributed by atoms with Gasteiger partial charge in [0.1, 0.15) is 12.3 Å². The van der Waals surface area contributed by atoms with Crippen molar-refractivity contribution in [3.8, 4) is 0 Å². The standard InChI is InChI=1S/C48H56N2O4S/c1-35(2)42(51)25-11-10-18-32-49-40-30-28-36-21-14-16-23-38(36)45(40)47(3,4)43(49)26-12-8-7-9-13-27-44-48(5,6)46-39-24-17-15-22-37(39)29-31-41(46)50(44)33-19-20-34-55(52,53)54/h7-9,12-17,21-24,26-31,35H,10-11,18-20,25,32-34H2,1-6H3/p+1. The fraction of sp³-hybridized carbons (Fsp3) is 0.375. The van der Waals surface area contributed by atoms with Crippen molar-refractivity contribution in [3.63, 3.8) is 0 Å². The summed E-state index contributed by atoms with van der Waals surface area (Å²) in [5.41, 5.74) is 7.03. The zero-order valence-electron chi connectivity index (χ0n) is 33.4. The molecule has 0 fully saturated rings. The average molecular weight is 758 g/mol. The number of nitrogens with zero attached hydrogens (tertiary/aromatic N) is 2. The molecule has 7 heteroatoms. The van der Waals surface area contributed by atoms with E-state index < -0.39 is 10.1 Å². The summed E-state index contributed by atoms with van der Waals surface area (Å²) in [5, 5.41) is 4.97. The van der Waals surface area contributed by atoms with Crippen LogP contribution in [0.15, 0.2) is 121 Å². The van der Waals surface area contributed by atoms with Crippen LogP contribution in [0.25, 0.3) is 21.5 Å². The minimum Gasteiger partial charge on any atom is -0.344 e. The van der Waals surface area contributed by atoms with Gasteiger partial charge in [0, 0.05) is 59.8 Å². The van der Waals surface area contributed by atoms with Crippen molar-refractivity contribution in [3.05, 3.63) is 132 Å². The highest BCUT2D eigenvalue weighted by Gasteiger charge is 2.45. The number of fused-ring (bicyclic) bond motifs is 6. The molecule has 0 atom stereocenters. The van der Waals surface area contributed by atoms with Crippen molar-refractivity contribution in [1.82, 2.24) is 0 Å². The molecule has 2 aliphatic rings. The molecule has 6 nitrogen and oxygen atoms in total. The fourth-order valence-electron chi connectivity index (χ4n) is 8.63. The highest BCUT2D eigenvalue weighted by atomic mass is 32.2. The molecule has 0 amide bonds. The Labute approximate surface area is 328 Å². The SMILES string of the molecule is CC(C)C(=O)CCCCC[N+]1=C(C=CC=CC=CC=C2N(CCCCS(=O)(=O)O)c3ccc4ccccc4c3C2(C)C)C(C)(C)c2c1ccc1ccccc21. The maximum absolute atomic E-state index is 12.2. The van der Waals surface area contributed by atoms with Gasteiger partial charge in [0.15, 0.2) is 5.71 Å². The number of rotatable bonds is 16. The van der Waals surface area contributed by atoms with Crippen molar-refractivity contribution < 1.29 is 22.3 Å². The van der Waals surface area contributed by atoms with Crippen molar-refractivity contribution in [1.29, 1.82) is 0 Å². The van der Waals surface area contributed by atoms with Crippen LogP contribution in [0.3, 0.4) is 0 Å². The molecule has 2 heterocycles. The zero-order chi connectivity index (χ0) is 39.4. The van der Waals surface area contributed by atoms with E-state index in [9.17, 15) is 17.8 Å². The van der Waals surface area contributed by atoms with Gasteiger partial charge in [-0.1, -0.05) is 113 Å². The van der Waals surface area contributed by atoms with Gasteiger partial charge in [-0.25, -0.2) is 0 Å². The first kappa shape index (κ1) is 40.1. The molecule has 4 aromatic carbocycles. The smallest absolute Gasteiger partial charge is 0.264 e. The molecule has 6 rings (SSSR count). The van der Waals surface area contributed by atoms with Crippen molar-refractivity contribution in [2.75, 3.05) is 23.7 Å². The van der Waals surface area contributed by atoms with Gasteiger partial charge >= 0.3 is 0 Å². The summed E-state index contributed by atoms with van der Waals surface area (Å²) in [6.07, 6.45) is 19.5. The largest absolute Gasteiger partial charge is 0.344 e. The fourth-order valence-corrected chi connectivity index (χ4v) is 9.20. The van der Waals surface area contributed by atoms with E-state index in [1.165, 1.54) is 44.1 Å². The zero-order valence-corrected chi connectivity index (χ0v) is 34.2. The number of allylic oxidation sites excluding steroid dienone is 8. The average Bonchev–Trinajstić information content (AvgIpc) is 3.50. The minimum atomic E-state index is -3.99. The molecule has 4 aromatic rings. The van der Waals surface area contributed by atoms with Gasteiger partial charge < -0.3 is 4.90 Å². The van der Waals surface area contributed by atoms with Gasteiger partial charge in [0.2, 0.25) is 5.69 Å². The monoisotopic (exact) mass is 757 g/mol. The van der Waals surface area contributed by atoms with Gasteiger partial charge in [-0.3, -0.25) is 9.35 Å². The lowest BCUT2D eigenvalue weighted by atomic mass is 9.79. The number of carbonyl (C=O) groups is 1. The molecule has 0 saturated carbocycles. The summed E-state index contributed by atoms with van der Waals surface area (Å²) in [5.74, 6) is 0.218. The molecule has 0 saturated heterocycles. The van der Waals surface area contributed by atoms with Gasteiger partial charge in [0.05, 0.1) is 11.2 Å². The summed E-state index contributed by atoms with van der Waals surface area (Å²) in [4.78, 5) is 14.5. The van der Waals surface area contributed by atoms with Crippen LogP contribution in [0.1, 0.15) is 91.2 Å². The number of hydrogen-bond donors (Lipinski definition) is 1. The number of carbonyl (C=O) groups excluding carboxylic acids is 1. The number of Topliss-reactive ketones (excluding diaryl/α,β-unsaturated/α-hetero) is 1.